The average Bonchev–Trinajstić information content (AvgIpc) is 3.26. The number of fused-ring (bicyclic) bond motifs is 1. The molecule has 0 aliphatic carbocycles. The van der Waals surface area contributed by atoms with Gasteiger partial charge in [0.05, 0.1) is 19.5 Å². The van der Waals surface area contributed by atoms with Crippen molar-refractivity contribution in [2.45, 2.75) is 31.8 Å². The summed E-state index contributed by atoms with van der Waals surface area (Å²) >= 11 is 0. The third-order valence-corrected chi connectivity index (χ3v) is 6.36. The highest BCUT2D eigenvalue weighted by atomic mass is 16.5. The van der Waals surface area contributed by atoms with Crippen LogP contribution in [0.1, 0.15) is 30.9 Å². The third kappa shape index (κ3) is 4.56. The van der Waals surface area contributed by atoms with Crippen molar-refractivity contribution in [2.75, 3.05) is 26.7 Å². The number of methoxy groups -OCH3 is 1. The lowest BCUT2D eigenvalue weighted by Crippen LogP contribution is -2.41. The molecule has 0 bridgehead atoms. The topological polar surface area (TPSA) is 103 Å². The van der Waals surface area contributed by atoms with E-state index in [9.17, 15) is 14.4 Å². The Bertz CT molecular complexity index is 1250. The summed E-state index contributed by atoms with van der Waals surface area (Å²) in [6, 6.07) is 8.00. The summed E-state index contributed by atoms with van der Waals surface area (Å²) in [7, 11) is 4.61. The Hall–Kier alpha value is -3.40. The molecule has 1 atom stereocenters. The Morgan fingerprint density at radius 3 is 2.45 bits per heavy atom. The second-order valence-corrected chi connectivity index (χ2v) is 8.44. The highest BCUT2D eigenvalue weighted by Gasteiger charge is 2.23. The van der Waals surface area contributed by atoms with Gasteiger partial charge >= 0.3 is 5.69 Å². The largest absolute Gasteiger partial charge is 0.497 e. The third-order valence-electron chi connectivity index (χ3n) is 6.36. The molecule has 10 heteroatoms. The maximum Gasteiger partial charge on any atom is 0.332 e. The highest BCUT2D eigenvalue weighted by Crippen LogP contribution is 2.26. The molecule has 0 saturated carbocycles. The zero-order valence-electron chi connectivity index (χ0n) is 19.3. The molecule has 176 valence electrons. The molecule has 2 aromatic heterocycles. The first-order valence-corrected chi connectivity index (χ1v) is 11.2. The van der Waals surface area contributed by atoms with E-state index in [4.69, 9.17) is 4.74 Å². The van der Waals surface area contributed by atoms with E-state index in [1.807, 2.05) is 24.3 Å². The smallest absolute Gasteiger partial charge is 0.332 e. The number of benzene rings is 1. The first kappa shape index (κ1) is 22.8. The van der Waals surface area contributed by atoms with Crippen molar-refractivity contribution in [1.29, 1.82) is 0 Å². The van der Waals surface area contributed by atoms with Crippen molar-refractivity contribution < 1.29 is 9.53 Å². The van der Waals surface area contributed by atoms with E-state index in [0.29, 0.717) is 6.54 Å². The maximum atomic E-state index is 12.8. The fourth-order valence-corrected chi connectivity index (χ4v) is 4.45. The van der Waals surface area contributed by atoms with Gasteiger partial charge in [0.2, 0.25) is 5.91 Å². The van der Waals surface area contributed by atoms with Crippen molar-refractivity contribution in [1.82, 2.24) is 28.9 Å². The molecule has 4 rings (SSSR count). The minimum absolute atomic E-state index is 0.0494. The van der Waals surface area contributed by atoms with Crippen LogP contribution < -0.4 is 21.3 Å². The number of aromatic nitrogens is 4. The number of ether oxygens (including phenoxy) is 1. The molecule has 1 amide bonds. The highest BCUT2D eigenvalue weighted by molar-refractivity contribution is 5.78. The van der Waals surface area contributed by atoms with Gasteiger partial charge in [-0.25, -0.2) is 9.78 Å². The van der Waals surface area contributed by atoms with Gasteiger partial charge in [-0.1, -0.05) is 18.6 Å². The molecule has 1 aromatic carbocycles. The van der Waals surface area contributed by atoms with Gasteiger partial charge in [-0.3, -0.25) is 23.6 Å². The first-order valence-electron chi connectivity index (χ1n) is 11.2. The summed E-state index contributed by atoms with van der Waals surface area (Å²) in [4.78, 5) is 44.2. The number of carbonyl (C=O) groups excluding carboxylic acids is 1. The van der Waals surface area contributed by atoms with Crippen LogP contribution in [0.5, 0.6) is 5.75 Å². The van der Waals surface area contributed by atoms with Crippen molar-refractivity contribution in [3.8, 4) is 5.75 Å². The normalized spacial score (nSPS) is 15.5. The number of nitrogens with zero attached hydrogens (tertiary/aromatic N) is 5. The van der Waals surface area contributed by atoms with Crippen LogP contribution in [0.2, 0.25) is 0 Å². The van der Waals surface area contributed by atoms with Crippen LogP contribution in [-0.2, 0) is 25.4 Å². The number of likely N-dealkylation sites (tertiary alicyclic amines) is 1. The van der Waals surface area contributed by atoms with Gasteiger partial charge < -0.3 is 14.6 Å². The number of hydrogen-bond donors (Lipinski definition) is 1. The van der Waals surface area contributed by atoms with E-state index in [0.717, 1.165) is 41.8 Å². The van der Waals surface area contributed by atoms with Gasteiger partial charge in [0.25, 0.3) is 5.56 Å². The minimum atomic E-state index is -0.470. The van der Waals surface area contributed by atoms with Crippen LogP contribution in [0.15, 0.2) is 40.2 Å². The second-order valence-electron chi connectivity index (χ2n) is 8.44. The first-order chi connectivity index (χ1) is 15.9. The summed E-state index contributed by atoms with van der Waals surface area (Å²) < 4.78 is 9.10. The average molecular weight is 455 g/mol. The number of rotatable bonds is 7. The van der Waals surface area contributed by atoms with Gasteiger partial charge in [-0.15, -0.1) is 0 Å². The van der Waals surface area contributed by atoms with Crippen LogP contribution in [0.3, 0.4) is 0 Å². The molecule has 0 spiro atoms. The molecule has 33 heavy (non-hydrogen) atoms. The van der Waals surface area contributed by atoms with E-state index in [-0.39, 0.29) is 29.7 Å². The number of imidazole rings is 1. The summed E-state index contributed by atoms with van der Waals surface area (Å²) in [6.07, 6.45) is 4.94. The zero-order valence-corrected chi connectivity index (χ0v) is 19.3. The monoisotopic (exact) mass is 454 g/mol. The van der Waals surface area contributed by atoms with Crippen LogP contribution in [0.4, 0.5) is 0 Å². The van der Waals surface area contributed by atoms with Crippen molar-refractivity contribution >= 4 is 17.1 Å². The van der Waals surface area contributed by atoms with E-state index in [2.05, 4.69) is 15.2 Å². The Morgan fingerprint density at radius 1 is 1.09 bits per heavy atom. The van der Waals surface area contributed by atoms with E-state index < -0.39 is 11.2 Å². The molecule has 10 nitrogen and oxygen atoms in total. The van der Waals surface area contributed by atoms with E-state index in [1.54, 1.807) is 14.2 Å². The van der Waals surface area contributed by atoms with Gasteiger partial charge in [0, 0.05) is 20.6 Å². The summed E-state index contributed by atoms with van der Waals surface area (Å²) in [5, 5.41) is 3.03. The van der Waals surface area contributed by atoms with Crippen LogP contribution >= 0.6 is 0 Å². The van der Waals surface area contributed by atoms with Crippen LogP contribution in [-0.4, -0.2) is 56.2 Å². The molecule has 1 aliphatic rings. The zero-order chi connectivity index (χ0) is 23.5. The second kappa shape index (κ2) is 9.62. The van der Waals surface area contributed by atoms with E-state index >= 15 is 0 Å². The van der Waals surface area contributed by atoms with Crippen LogP contribution in [0.25, 0.3) is 11.2 Å². The molecule has 1 saturated heterocycles. The SMILES string of the molecule is COc1ccc(C(CNC(=O)Cn2cnc3c2c(=O)n(C)c(=O)n3C)N2CCCCC2)cc1. The standard InChI is InChI=1S/C23H30N6O4/c1-26-21-20(22(31)27(2)23(26)32)29(15-25-21)14-19(30)24-13-18(28-11-5-4-6-12-28)16-7-9-17(33-3)10-8-16/h7-10,15,18H,4-6,11-14H2,1-3H3,(H,24,30). The quantitative estimate of drug-likeness (QED) is 0.566. The molecular formula is C23H30N6O4. The Kier molecular flexibility index (Phi) is 6.64. The number of hydrogen-bond acceptors (Lipinski definition) is 6. The molecule has 1 aliphatic heterocycles. The van der Waals surface area contributed by atoms with Crippen LogP contribution in [0, 0.1) is 0 Å². The lowest BCUT2D eigenvalue weighted by atomic mass is 10.0. The van der Waals surface area contributed by atoms with Crippen molar-refractivity contribution in [3.05, 3.63) is 57.0 Å². The molecule has 1 fully saturated rings. The van der Waals surface area contributed by atoms with E-state index in [1.165, 1.54) is 28.9 Å². The fraction of sp³-hybridized carbons (Fsp3) is 0.478. The molecule has 3 heterocycles. The Labute approximate surface area is 191 Å². The lowest BCUT2D eigenvalue weighted by Gasteiger charge is -2.35. The van der Waals surface area contributed by atoms with Gasteiger partial charge in [-0.05, 0) is 43.6 Å². The summed E-state index contributed by atoms with van der Waals surface area (Å²) in [5.74, 6) is 0.573. The number of carbonyl (C=O) groups is 1. The minimum Gasteiger partial charge on any atom is -0.497 e. The molecular weight excluding hydrogens is 424 g/mol. The molecule has 1 N–H and O–H groups in total. The summed E-state index contributed by atoms with van der Waals surface area (Å²) in [5.41, 5.74) is 0.696. The summed E-state index contributed by atoms with van der Waals surface area (Å²) in [6.45, 7) is 2.37. The number of piperidine rings is 1. The predicted octanol–water partition coefficient (Wildman–Crippen LogP) is 0.786. The van der Waals surface area contributed by atoms with Gasteiger partial charge in [0.15, 0.2) is 11.2 Å². The number of aryl methyl sites for hydroxylation is 1. The molecule has 0 radical (unpaired) electrons. The van der Waals surface area contributed by atoms with Crippen molar-refractivity contribution in [2.24, 2.45) is 14.1 Å². The maximum absolute atomic E-state index is 12.8. The predicted molar refractivity (Wildman–Crippen MR) is 124 cm³/mol. The Balaban J connectivity index is 1.52. The number of nitrogens with one attached hydrogen (secondary N) is 1. The lowest BCUT2D eigenvalue weighted by molar-refractivity contribution is -0.121. The fourth-order valence-electron chi connectivity index (χ4n) is 4.45. The van der Waals surface area contributed by atoms with Crippen molar-refractivity contribution in [3.63, 3.8) is 0 Å². The number of amides is 1. The molecule has 3 aromatic rings. The van der Waals surface area contributed by atoms with Gasteiger partial charge in [0.1, 0.15) is 12.3 Å². The molecule has 1 unspecified atom stereocenters. The Morgan fingerprint density at radius 2 is 1.79 bits per heavy atom. The van der Waals surface area contributed by atoms with Gasteiger partial charge in [-0.2, -0.15) is 0 Å².